The van der Waals surface area contributed by atoms with E-state index in [4.69, 9.17) is 5.11 Å². The van der Waals surface area contributed by atoms with Gasteiger partial charge in [0.1, 0.15) is 6.04 Å². The van der Waals surface area contributed by atoms with E-state index in [1.807, 2.05) is 31.2 Å². The lowest BCUT2D eigenvalue weighted by Gasteiger charge is -2.25. The zero-order chi connectivity index (χ0) is 18.8. The number of nitrogens with zero attached hydrogens (tertiary/aromatic N) is 1. The molecule has 1 unspecified atom stereocenters. The van der Waals surface area contributed by atoms with Crippen LogP contribution >= 0.6 is 0 Å². The van der Waals surface area contributed by atoms with E-state index in [9.17, 15) is 14.4 Å². The Bertz CT molecular complexity index is 604. The minimum atomic E-state index is -1.00. The molecule has 25 heavy (non-hydrogen) atoms. The predicted octanol–water partition coefficient (Wildman–Crippen LogP) is 0.565. The molecule has 0 saturated carbocycles. The Balaban J connectivity index is 2.48. The summed E-state index contributed by atoms with van der Waals surface area (Å²) in [7, 11) is 0. The van der Waals surface area contributed by atoms with Gasteiger partial charge in [-0.15, -0.1) is 0 Å². The molecule has 0 saturated heterocycles. The van der Waals surface area contributed by atoms with Gasteiger partial charge in [0.15, 0.2) is 0 Å². The number of rotatable bonds is 10. The number of amides is 2. The number of nitrogens with one attached hydrogen (secondary N) is 2. The first kappa shape index (κ1) is 20.6. The van der Waals surface area contributed by atoms with E-state index in [0.29, 0.717) is 13.1 Å². The van der Waals surface area contributed by atoms with Crippen molar-refractivity contribution in [2.45, 2.75) is 33.2 Å². The number of carboxylic acid groups (broad SMARTS) is 1. The molecule has 1 aromatic carbocycles. The van der Waals surface area contributed by atoms with E-state index in [0.717, 1.165) is 6.42 Å². The Hall–Kier alpha value is -2.41. The van der Waals surface area contributed by atoms with E-state index in [-0.39, 0.29) is 24.9 Å². The highest BCUT2D eigenvalue weighted by atomic mass is 16.4. The van der Waals surface area contributed by atoms with Crippen molar-refractivity contribution < 1.29 is 19.5 Å². The highest BCUT2D eigenvalue weighted by Crippen LogP contribution is 2.06. The normalized spacial score (nSPS) is 11.8. The number of carbonyl (C=O) groups is 3. The second-order valence-electron chi connectivity index (χ2n) is 5.99. The second-order valence-corrected chi connectivity index (χ2v) is 5.99. The number of benzene rings is 1. The molecule has 0 aliphatic heterocycles. The molecule has 138 valence electrons. The molecule has 0 aliphatic rings. The molecule has 3 N–H and O–H groups in total. The van der Waals surface area contributed by atoms with Gasteiger partial charge in [-0.3, -0.25) is 19.3 Å². The number of carboxylic acids is 1. The number of hydrogen-bond acceptors (Lipinski definition) is 4. The summed E-state index contributed by atoms with van der Waals surface area (Å²) in [4.78, 5) is 35.8. The van der Waals surface area contributed by atoms with Crippen molar-refractivity contribution in [3.63, 3.8) is 0 Å². The molecule has 7 heteroatoms. The van der Waals surface area contributed by atoms with Crippen LogP contribution in [-0.4, -0.2) is 60.0 Å². The quantitative estimate of drug-likeness (QED) is 0.573. The Morgan fingerprint density at radius 2 is 1.84 bits per heavy atom. The van der Waals surface area contributed by atoms with Gasteiger partial charge in [0.25, 0.3) is 0 Å². The average molecular weight is 349 g/mol. The van der Waals surface area contributed by atoms with E-state index < -0.39 is 12.0 Å². The first-order valence-electron chi connectivity index (χ1n) is 8.33. The van der Waals surface area contributed by atoms with Crippen molar-refractivity contribution in [3.05, 3.63) is 35.4 Å². The van der Waals surface area contributed by atoms with Crippen LogP contribution in [0.3, 0.4) is 0 Å². The Morgan fingerprint density at radius 3 is 2.44 bits per heavy atom. The van der Waals surface area contributed by atoms with Gasteiger partial charge in [-0.1, -0.05) is 24.3 Å². The monoisotopic (exact) mass is 349 g/mol. The van der Waals surface area contributed by atoms with Crippen LogP contribution in [0.5, 0.6) is 0 Å². The lowest BCUT2D eigenvalue weighted by Crippen LogP contribution is -2.48. The molecular formula is C18H27N3O4. The molecule has 0 aliphatic carbocycles. The molecule has 0 radical (unpaired) electrons. The highest BCUT2D eigenvalue weighted by Gasteiger charge is 2.22. The van der Waals surface area contributed by atoms with Gasteiger partial charge in [0.2, 0.25) is 11.8 Å². The highest BCUT2D eigenvalue weighted by molar-refractivity contribution is 5.79. The van der Waals surface area contributed by atoms with Crippen LogP contribution in [0.25, 0.3) is 0 Å². The third-order valence-corrected chi connectivity index (χ3v) is 4.00. The fraction of sp³-hybridized carbons (Fsp3) is 0.500. The molecule has 1 atom stereocenters. The molecule has 0 aromatic heterocycles. The van der Waals surface area contributed by atoms with Crippen LogP contribution in [-0.2, 0) is 20.8 Å². The predicted molar refractivity (Wildman–Crippen MR) is 95.2 cm³/mol. The smallest absolute Gasteiger partial charge is 0.320 e. The molecule has 2 amide bonds. The van der Waals surface area contributed by atoms with Gasteiger partial charge >= 0.3 is 5.97 Å². The summed E-state index contributed by atoms with van der Waals surface area (Å²) in [6.07, 6.45) is 0.721. The SMILES string of the molecule is CC(=O)NCCN(CC(=O)NCCc1ccccc1C)C(C)C(=O)O. The number of carbonyl (C=O) groups excluding carboxylic acids is 2. The zero-order valence-corrected chi connectivity index (χ0v) is 15.0. The van der Waals surface area contributed by atoms with Gasteiger partial charge < -0.3 is 15.7 Å². The third-order valence-electron chi connectivity index (χ3n) is 4.00. The lowest BCUT2D eigenvalue weighted by molar-refractivity contribution is -0.143. The van der Waals surface area contributed by atoms with Crippen molar-refractivity contribution in [3.8, 4) is 0 Å². The molecular weight excluding hydrogens is 322 g/mol. The Labute approximate surface area is 148 Å². The molecule has 1 rings (SSSR count). The second kappa shape index (κ2) is 10.5. The summed E-state index contributed by atoms with van der Waals surface area (Å²) in [5, 5.41) is 14.6. The first-order valence-corrected chi connectivity index (χ1v) is 8.33. The van der Waals surface area contributed by atoms with Crippen molar-refractivity contribution in [1.29, 1.82) is 0 Å². The average Bonchev–Trinajstić information content (AvgIpc) is 2.54. The minimum Gasteiger partial charge on any atom is -0.480 e. The summed E-state index contributed by atoms with van der Waals surface area (Å²) in [5.41, 5.74) is 2.34. The van der Waals surface area contributed by atoms with Crippen LogP contribution in [0.2, 0.25) is 0 Å². The molecule has 7 nitrogen and oxygen atoms in total. The van der Waals surface area contributed by atoms with E-state index in [1.165, 1.54) is 29.9 Å². The van der Waals surface area contributed by atoms with Crippen molar-refractivity contribution in [1.82, 2.24) is 15.5 Å². The molecule has 0 heterocycles. The fourth-order valence-electron chi connectivity index (χ4n) is 2.41. The van der Waals surface area contributed by atoms with E-state index >= 15 is 0 Å². The number of aliphatic carboxylic acids is 1. The molecule has 0 bridgehead atoms. The van der Waals surface area contributed by atoms with E-state index in [1.54, 1.807) is 0 Å². The van der Waals surface area contributed by atoms with E-state index in [2.05, 4.69) is 10.6 Å². The number of hydrogen-bond donors (Lipinski definition) is 3. The standard InChI is InChI=1S/C18H27N3O4/c1-13-6-4-5-7-16(13)8-9-20-17(23)12-21(14(2)18(24)25)11-10-19-15(3)22/h4-7,14H,8-12H2,1-3H3,(H,19,22)(H,20,23)(H,24,25). The van der Waals surface area contributed by atoms with Crippen LogP contribution in [0.15, 0.2) is 24.3 Å². The Morgan fingerprint density at radius 1 is 1.16 bits per heavy atom. The van der Waals surface area contributed by atoms with Crippen LogP contribution in [0.1, 0.15) is 25.0 Å². The maximum atomic E-state index is 12.1. The van der Waals surface area contributed by atoms with Crippen molar-refractivity contribution >= 4 is 17.8 Å². The summed E-state index contributed by atoms with van der Waals surface area (Å²) >= 11 is 0. The molecule has 1 aromatic rings. The van der Waals surface area contributed by atoms with Crippen LogP contribution in [0.4, 0.5) is 0 Å². The summed E-state index contributed by atoms with van der Waals surface area (Å²) in [6, 6.07) is 7.17. The van der Waals surface area contributed by atoms with Crippen molar-refractivity contribution in [2.75, 3.05) is 26.2 Å². The fourth-order valence-corrected chi connectivity index (χ4v) is 2.41. The maximum Gasteiger partial charge on any atom is 0.320 e. The molecule has 0 spiro atoms. The first-order chi connectivity index (χ1) is 11.8. The topological polar surface area (TPSA) is 98.7 Å². The lowest BCUT2D eigenvalue weighted by atomic mass is 10.1. The Kier molecular flexibility index (Phi) is 8.63. The summed E-state index contributed by atoms with van der Waals surface area (Å²) in [5.74, 6) is -1.43. The van der Waals surface area contributed by atoms with Gasteiger partial charge in [-0.05, 0) is 31.4 Å². The van der Waals surface area contributed by atoms with Gasteiger partial charge in [0.05, 0.1) is 6.54 Å². The summed E-state index contributed by atoms with van der Waals surface area (Å²) < 4.78 is 0. The number of aryl methyl sites for hydroxylation is 1. The van der Waals surface area contributed by atoms with Crippen molar-refractivity contribution in [2.24, 2.45) is 0 Å². The van der Waals surface area contributed by atoms with Crippen LogP contribution < -0.4 is 10.6 Å². The maximum absolute atomic E-state index is 12.1. The van der Waals surface area contributed by atoms with Gasteiger partial charge in [-0.25, -0.2) is 0 Å². The third kappa shape index (κ3) is 7.80. The van der Waals surface area contributed by atoms with Gasteiger partial charge in [-0.2, -0.15) is 0 Å². The summed E-state index contributed by atoms with van der Waals surface area (Å²) in [6.45, 7) is 5.99. The van der Waals surface area contributed by atoms with Crippen LogP contribution in [0, 0.1) is 6.92 Å². The minimum absolute atomic E-state index is 0.0270. The zero-order valence-electron chi connectivity index (χ0n) is 15.0. The largest absolute Gasteiger partial charge is 0.480 e. The van der Waals surface area contributed by atoms with Gasteiger partial charge in [0, 0.05) is 26.6 Å². The molecule has 0 fully saturated rings.